The van der Waals surface area contributed by atoms with Crippen LogP contribution in [0.4, 0.5) is 0 Å². The molecule has 1 saturated heterocycles. The molecule has 19 heavy (non-hydrogen) atoms. The van der Waals surface area contributed by atoms with Gasteiger partial charge in [0.1, 0.15) is 5.44 Å². The summed E-state index contributed by atoms with van der Waals surface area (Å²) in [7, 11) is 0. The van der Waals surface area contributed by atoms with Crippen molar-refractivity contribution in [3.8, 4) is 0 Å². The van der Waals surface area contributed by atoms with Crippen LogP contribution < -0.4 is 0 Å². The first-order valence-corrected chi connectivity index (χ1v) is 8.63. The zero-order valence-electron chi connectivity index (χ0n) is 12.0. The van der Waals surface area contributed by atoms with E-state index in [-0.39, 0.29) is 0 Å². The minimum Gasteiger partial charge on any atom is -0.364 e. The SMILES string of the molecule is CCCCCCCC1CCC(Sc2ccccc2)O1. The third-order valence-corrected chi connectivity index (χ3v) is 4.86. The van der Waals surface area contributed by atoms with Crippen LogP contribution >= 0.6 is 11.8 Å². The van der Waals surface area contributed by atoms with Crippen molar-refractivity contribution in [3.05, 3.63) is 30.3 Å². The van der Waals surface area contributed by atoms with Crippen LogP contribution in [0, 0.1) is 0 Å². The first-order chi connectivity index (χ1) is 9.38. The molecule has 1 nitrogen and oxygen atoms in total. The van der Waals surface area contributed by atoms with E-state index in [1.165, 1.54) is 56.3 Å². The Morgan fingerprint density at radius 2 is 1.84 bits per heavy atom. The van der Waals surface area contributed by atoms with Crippen LogP contribution in [-0.4, -0.2) is 11.5 Å². The standard InChI is InChI=1S/C17H26OS/c1-2-3-4-5-7-10-15-13-14-17(18-15)19-16-11-8-6-9-12-16/h6,8-9,11-12,15,17H,2-5,7,10,13-14H2,1H3. The summed E-state index contributed by atoms with van der Waals surface area (Å²) < 4.78 is 6.13. The van der Waals surface area contributed by atoms with Crippen LogP contribution in [0.3, 0.4) is 0 Å². The molecular formula is C17H26OS. The average molecular weight is 278 g/mol. The van der Waals surface area contributed by atoms with E-state index >= 15 is 0 Å². The van der Waals surface area contributed by atoms with Crippen LogP contribution in [0.1, 0.15) is 58.3 Å². The van der Waals surface area contributed by atoms with Gasteiger partial charge in [-0.3, -0.25) is 0 Å². The second-order valence-electron chi connectivity index (χ2n) is 5.40. The molecule has 0 radical (unpaired) electrons. The quantitative estimate of drug-likeness (QED) is 0.569. The molecule has 106 valence electrons. The molecule has 0 N–H and O–H groups in total. The number of unbranched alkanes of at least 4 members (excludes halogenated alkanes) is 4. The summed E-state index contributed by atoms with van der Waals surface area (Å²) in [5.74, 6) is 0. The van der Waals surface area contributed by atoms with Crippen molar-refractivity contribution in [2.45, 2.75) is 74.7 Å². The summed E-state index contributed by atoms with van der Waals surface area (Å²) in [4.78, 5) is 1.33. The molecule has 0 bridgehead atoms. The van der Waals surface area contributed by atoms with Gasteiger partial charge < -0.3 is 4.74 Å². The third kappa shape index (κ3) is 5.58. The highest BCUT2D eigenvalue weighted by molar-refractivity contribution is 7.99. The molecule has 2 rings (SSSR count). The van der Waals surface area contributed by atoms with Gasteiger partial charge in [-0.15, -0.1) is 0 Å². The number of hydrogen-bond donors (Lipinski definition) is 0. The lowest BCUT2D eigenvalue weighted by Crippen LogP contribution is -2.08. The molecule has 1 heterocycles. The van der Waals surface area contributed by atoms with Gasteiger partial charge in [0, 0.05) is 4.90 Å². The summed E-state index contributed by atoms with van der Waals surface area (Å²) in [6.07, 6.45) is 11.1. The lowest BCUT2D eigenvalue weighted by atomic mass is 10.1. The van der Waals surface area contributed by atoms with Gasteiger partial charge in [0.2, 0.25) is 0 Å². The van der Waals surface area contributed by atoms with Crippen molar-refractivity contribution in [1.82, 2.24) is 0 Å². The van der Waals surface area contributed by atoms with Gasteiger partial charge in [-0.25, -0.2) is 0 Å². The Morgan fingerprint density at radius 3 is 2.63 bits per heavy atom. The average Bonchev–Trinajstić information content (AvgIpc) is 2.87. The smallest absolute Gasteiger partial charge is 0.108 e. The molecule has 0 aromatic heterocycles. The molecule has 0 spiro atoms. The summed E-state index contributed by atoms with van der Waals surface area (Å²) in [5, 5.41) is 0. The van der Waals surface area contributed by atoms with E-state index < -0.39 is 0 Å². The summed E-state index contributed by atoms with van der Waals surface area (Å²) in [6, 6.07) is 10.6. The molecule has 1 aliphatic heterocycles. The van der Waals surface area contributed by atoms with Crippen molar-refractivity contribution in [2.75, 3.05) is 0 Å². The molecule has 0 saturated carbocycles. The number of benzene rings is 1. The Kier molecular flexibility index (Phi) is 6.80. The topological polar surface area (TPSA) is 9.23 Å². The molecular weight excluding hydrogens is 252 g/mol. The fourth-order valence-corrected chi connectivity index (χ4v) is 3.68. The molecule has 2 atom stereocenters. The monoisotopic (exact) mass is 278 g/mol. The largest absolute Gasteiger partial charge is 0.364 e. The van der Waals surface area contributed by atoms with Crippen LogP contribution in [0.15, 0.2) is 35.2 Å². The zero-order chi connectivity index (χ0) is 13.3. The maximum atomic E-state index is 6.13. The summed E-state index contributed by atoms with van der Waals surface area (Å²) in [6.45, 7) is 2.27. The first-order valence-electron chi connectivity index (χ1n) is 7.75. The number of thioether (sulfide) groups is 1. The Bertz CT molecular complexity index is 338. The molecule has 1 fully saturated rings. The Labute approximate surface area is 122 Å². The fraction of sp³-hybridized carbons (Fsp3) is 0.647. The molecule has 2 unspecified atom stereocenters. The van der Waals surface area contributed by atoms with Crippen molar-refractivity contribution in [1.29, 1.82) is 0 Å². The molecule has 1 aliphatic rings. The van der Waals surface area contributed by atoms with Crippen LogP contribution in [0.25, 0.3) is 0 Å². The van der Waals surface area contributed by atoms with Gasteiger partial charge in [-0.1, -0.05) is 69.0 Å². The van der Waals surface area contributed by atoms with Crippen molar-refractivity contribution in [2.24, 2.45) is 0 Å². The molecule has 0 aliphatic carbocycles. The fourth-order valence-electron chi connectivity index (χ4n) is 2.60. The van der Waals surface area contributed by atoms with Gasteiger partial charge in [0.15, 0.2) is 0 Å². The molecule has 2 heteroatoms. The van der Waals surface area contributed by atoms with E-state index in [4.69, 9.17) is 4.74 Å². The third-order valence-electron chi connectivity index (χ3n) is 3.71. The lowest BCUT2D eigenvalue weighted by Gasteiger charge is -2.13. The number of ether oxygens (including phenoxy) is 1. The van der Waals surface area contributed by atoms with Crippen molar-refractivity contribution < 1.29 is 4.74 Å². The normalized spacial score (nSPS) is 22.8. The lowest BCUT2D eigenvalue weighted by molar-refractivity contribution is 0.0841. The highest BCUT2D eigenvalue weighted by atomic mass is 32.2. The minimum absolute atomic E-state index is 0.378. The highest BCUT2D eigenvalue weighted by Crippen LogP contribution is 2.34. The molecule has 0 amide bonds. The summed E-state index contributed by atoms with van der Waals surface area (Å²) in [5.41, 5.74) is 0.378. The van der Waals surface area contributed by atoms with Crippen molar-refractivity contribution >= 4 is 11.8 Å². The van der Waals surface area contributed by atoms with Gasteiger partial charge in [-0.2, -0.15) is 0 Å². The maximum absolute atomic E-state index is 6.13. The van der Waals surface area contributed by atoms with Gasteiger partial charge in [0.25, 0.3) is 0 Å². The van der Waals surface area contributed by atoms with E-state index in [1.807, 2.05) is 11.8 Å². The number of rotatable bonds is 8. The Balaban J connectivity index is 1.60. The Hall–Kier alpha value is -0.470. The van der Waals surface area contributed by atoms with Gasteiger partial charge in [0.05, 0.1) is 6.10 Å². The van der Waals surface area contributed by atoms with E-state index in [2.05, 4.69) is 37.3 Å². The zero-order valence-corrected chi connectivity index (χ0v) is 12.8. The second kappa shape index (κ2) is 8.65. The molecule has 1 aromatic rings. The van der Waals surface area contributed by atoms with Crippen molar-refractivity contribution in [3.63, 3.8) is 0 Å². The minimum atomic E-state index is 0.378. The van der Waals surface area contributed by atoms with E-state index in [0.29, 0.717) is 11.5 Å². The molecule has 1 aromatic carbocycles. The van der Waals surface area contributed by atoms with Crippen LogP contribution in [-0.2, 0) is 4.74 Å². The maximum Gasteiger partial charge on any atom is 0.108 e. The Morgan fingerprint density at radius 1 is 1.05 bits per heavy atom. The van der Waals surface area contributed by atoms with Gasteiger partial charge >= 0.3 is 0 Å². The second-order valence-corrected chi connectivity index (χ2v) is 6.63. The summed E-state index contributed by atoms with van der Waals surface area (Å²) >= 11 is 1.88. The van der Waals surface area contributed by atoms with E-state index in [0.717, 1.165) is 0 Å². The predicted octanol–water partition coefficient (Wildman–Crippen LogP) is 5.64. The van der Waals surface area contributed by atoms with Crippen LogP contribution in [0.2, 0.25) is 0 Å². The van der Waals surface area contributed by atoms with Crippen LogP contribution in [0.5, 0.6) is 0 Å². The van der Waals surface area contributed by atoms with E-state index in [1.54, 1.807) is 0 Å². The van der Waals surface area contributed by atoms with E-state index in [9.17, 15) is 0 Å². The highest BCUT2D eigenvalue weighted by Gasteiger charge is 2.25. The van der Waals surface area contributed by atoms with Gasteiger partial charge in [-0.05, 0) is 31.4 Å². The number of hydrogen-bond acceptors (Lipinski definition) is 2. The first kappa shape index (κ1) is 14.9. The predicted molar refractivity (Wildman–Crippen MR) is 83.6 cm³/mol.